The van der Waals surface area contributed by atoms with Crippen LogP contribution >= 0.6 is 0 Å². The molecule has 4 fully saturated rings. The van der Waals surface area contributed by atoms with E-state index in [2.05, 4.69) is 191 Å². The molecule has 117 heavy (non-hydrogen) atoms. The molecule has 4 aliphatic rings. The van der Waals surface area contributed by atoms with Crippen molar-refractivity contribution in [1.82, 2.24) is 0 Å². The number of unbranched alkanes of at least 4 members (excludes halogenated alkanes) is 6. The smallest absolute Gasteiger partial charge is 0.204 e. The van der Waals surface area contributed by atoms with E-state index >= 15 is 0 Å². The number of methoxy groups -OCH3 is 4. The Morgan fingerprint density at radius 3 is 0.692 bits per heavy atom. The minimum absolute atomic E-state index is 0.113. The molecule has 0 heterocycles. The monoisotopic (exact) mass is 1610 g/mol. The zero-order chi connectivity index (χ0) is 83.9. The number of halogens is 12. The van der Waals surface area contributed by atoms with Crippen molar-refractivity contribution in [2.75, 3.05) is 28.4 Å². The number of ether oxygens (including phenoxy) is 4. The van der Waals surface area contributed by atoms with Crippen molar-refractivity contribution in [3.63, 3.8) is 0 Å². The highest BCUT2D eigenvalue weighted by Crippen LogP contribution is 2.41. The molecule has 4 nitrogen and oxygen atoms in total. The second-order valence-electron chi connectivity index (χ2n) is 31.2. The summed E-state index contributed by atoms with van der Waals surface area (Å²) in [7, 11) is 4.40. The van der Waals surface area contributed by atoms with Crippen molar-refractivity contribution in [2.45, 2.75) is 238 Å². The summed E-state index contributed by atoms with van der Waals surface area (Å²) in [6.07, 6.45) is 31.0. The minimum atomic E-state index is -1.33. The molecule has 0 aromatic heterocycles. The van der Waals surface area contributed by atoms with Crippen LogP contribution in [-0.2, 0) is 25.7 Å². The lowest BCUT2D eigenvalue weighted by molar-refractivity contribution is 0.346. The molecule has 0 aliphatic heterocycles. The second-order valence-corrected chi connectivity index (χ2v) is 31.2. The van der Waals surface area contributed by atoms with Gasteiger partial charge in [0.05, 0.1) is 50.7 Å². The molecule has 0 amide bonds. The lowest BCUT2D eigenvalue weighted by atomic mass is 9.78. The molecule has 0 spiro atoms. The topological polar surface area (TPSA) is 36.9 Å². The minimum Gasteiger partial charge on any atom is -0.491 e. The van der Waals surface area contributed by atoms with Gasteiger partial charge in [-0.1, -0.05) is 211 Å². The maximum atomic E-state index is 14.1. The van der Waals surface area contributed by atoms with E-state index < -0.39 is 92.8 Å². The van der Waals surface area contributed by atoms with Gasteiger partial charge in [0.1, 0.15) is 0 Å². The van der Waals surface area contributed by atoms with Crippen molar-refractivity contribution < 1.29 is 71.6 Å². The Balaban J connectivity index is 0.000000178. The van der Waals surface area contributed by atoms with Crippen LogP contribution in [0.25, 0.3) is 0 Å². The second kappa shape index (κ2) is 46.5. The summed E-state index contributed by atoms with van der Waals surface area (Å²) in [5, 5.41) is 0. The van der Waals surface area contributed by atoms with Gasteiger partial charge in [0, 0.05) is 23.7 Å². The Morgan fingerprint density at radius 1 is 0.256 bits per heavy atom. The average molecular weight is 1620 g/mol. The zero-order valence-electron chi connectivity index (χ0n) is 68.8. The molecular formula is C101H110F12O4. The number of hydrogen-bond donors (Lipinski definition) is 0. The molecule has 0 unspecified atom stereocenters. The van der Waals surface area contributed by atoms with Crippen molar-refractivity contribution in [3.8, 4) is 70.4 Å². The maximum absolute atomic E-state index is 14.1. The Hall–Kier alpha value is -9.64. The van der Waals surface area contributed by atoms with Crippen molar-refractivity contribution in [3.05, 3.63) is 258 Å². The van der Waals surface area contributed by atoms with Crippen LogP contribution in [0.5, 0.6) is 23.0 Å². The van der Waals surface area contributed by atoms with E-state index in [4.69, 9.17) is 0 Å². The van der Waals surface area contributed by atoms with Gasteiger partial charge in [-0.2, -0.15) is 17.6 Å². The summed E-state index contributed by atoms with van der Waals surface area (Å²) >= 11 is 0. The van der Waals surface area contributed by atoms with Crippen LogP contribution in [0, 0.1) is 141 Å². The summed E-state index contributed by atoms with van der Waals surface area (Å²) in [4.78, 5) is 0. The molecule has 0 saturated heterocycles. The number of hydrogen-bond acceptors (Lipinski definition) is 4. The summed E-state index contributed by atoms with van der Waals surface area (Å²) in [6.45, 7) is 8.79. The van der Waals surface area contributed by atoms with Crippen molar-refractivity contribution in [1.29, 1.82) is 0 Å². The highest BCUT2D eigenvalue weighted by Gasteiger charge is 2.28. The summed E-state index contributed by atoms with van der Waals surface area (Å²) < 4.78 is 185. The molecule has 0 N–H and O–H groups in total. The lowest BCUT2D eigenvalue weighted by Gasteiger charge is -2.26. The van der Waals surface area contributed by atoms with Gasteiger partial charge in [-0.3, -0.25) is 0 Å². The van der Waals surface area contributed by atoms with Gasteiger partial charge in [0.25, 0.3) is 0 Å². The molecule has 16 heteroatoms. The van der Waals surface area contributed by atoms with E-state index in [1.54, 1.807) is 0 Å². The van der Waals surface area contributed by atoms with Gasteiger partial charge >= 0.3 is 0 Å². The standard InChI is InChI=1S/C27H31F3O.C26H29F3O.C25H27F3O.C23H23F3O/c1-3-4-5-6-7-19-8-13-21(14-9-19)22-15-10-20(11-16-22)12-17-23-18-24(28)27(31-2)26(30)25(23)29;1-3-4-5-6-18-7-12-20(13-8-18)21-14-9-19(10-15-21)11-16-22-17-23(27)26(30-2)25(29)24(22)28;1-3-4-5-17-6-11-19(12-7-17)20-13-8-18(9-14-20)10-15-21-16-22(26)25(29-2)24(28)23(21)27;1-3-15-4-9-17(10-5-15)18-11-6-16(7-12-18)8-13-19-14-20(24)23(27-2)22(26)21(19)25/h8-9,13-14,18,20,22H,3-7,10-11,15-16H2,1-2H3;7-8,12-13,17,19,21H,3-6,9-10,14-15H2,1-2H3;6-7,11-12,16,18,20H,3-5,8-9,13-14H2,1-2H3;4-5,9-10,14,16,18H,3,6-7,11-12H2,1-2H3. The molecule has 0 bridgehead atoms. The van der Waals surface area contributed by atoms with Crippen molar-refractivity contribution >= 4 is 0 Å². The van der Waals surface area contributed by atoms with Crippen LogP contribution in [0.4, 0.5) is 52.7 Å². The third-order valence-electron chi connectivity index (χ3n) is 23.3. The molecule has 0 radical (unpaired) electrons. The van der Waals surface area contributed by atoms with E-state index in [0.717, 1.165) is 181 Å². The van der Waals surface area contributed by atoms with Gasteiger partial charge < -0.3 is 18.9 Å². The highest BCUT2D eigenvalue weighted by molar-refractivity contribution is 5.46. The third-order valence-corrected chi connectivity index (χ3v) is 23.3. The zero-order valence-corrected chi connectivity index (χ0v) is 68.8. The number of rotatable bonds is 21. The van der Waals surface area contributed by atoms with E-state index in [9.17, 15) is 52.7 Å². The number of aryl methyl sites for hydroxylation is 4. The largest absolute Gasteiger partial charge is 0.491 e. The van der Waals surface area contributed by atoms with Gasteiger partial charge in [0.15, 0.2) is 69.5 Å². The summed E-state index contributed by atoms with van der Waals surface area (Å²) in [5.74, 6) is 8.52. The van der Waals surface area contributed by atoms with Crippen LogP contribution in [0.3, 0.4) is 0 Å². The first-order chi connectivity index (χ1) is 56.6. The molecule has 622 valence electrons. The fourth-order valence-electron chi connectivity index (χ4n) is 16.0. The number of benzene rings is 8. The molecule has 4 aliphatic carbocycles. The third kappa shape index (κ3) is 25.9. The van der Waals surface area contributed by atoms with Crippen molar-refractivity contribution in [2.24, 2.45) is 23.7 Å². The first-order valence-corrected chi connectivity index (χ1v) is 41.9. The fraction of sp³-hybridized carbons (Fsp3) is 0.446. The lowest BCUT2D eigenvalue weighted by Crippen LogP contribution is -2.12. The molecule has 12 rings (SSSR count). The van der Waals surface area contributed by atoms with Crippen LogP contribution in [-0.4, -0.2) is 28.4 Å². The van der Waals surface area contributed by atoms with Crippen LogP contribution in [0.1, 0.15) is 279 Å². The molecule has 8 aromatic carbocycles. The molecule has 8 aromatic rings. The first-order valence-electron chi connectivity index (χ1n) is 41.9. The van der Waals surface area contributed by atoms with E-state index in [1.807, 2.05) is 0 Å². The predicted molar refractivity (Wildman–Crippen MR) is 443 cm³/mol. The van der Waals surface area contributed by atoms with Crippen LogP contribution in [0.2, 0.25) is 0 Å². The highest BCUT2D eigenvalue weighted by atomic mass is 19.2. The van der Waals surface area contributed by atoms with Gasteiger partial charge in [-0.05, 0) is 240 Å². The normalized spacial score (nSPS) is 18.7. The Labute approximate surface area is 686 Å². The summed E-state index contributed by atoms with van der Waals surface area (Å²) in [5.41, 5.74) is 9.93. The predicted octanol–water partition coefficient (Wildman–Crippen LogP) is 27.5. The van der Waals surface area contributed by atoms with E-state index in [-0.39, 0.29) is 45.9 Å². The van der Waals surface area contributed by atoms with E-state index in [1.165, 1.54) is 102 Å². The summed E-state index contributed by atoms with van der Waals surface area (Å²) in [6, 6.07) is 39.3. The fourth-order valence-corrected chi connectivity index (χ4v) is 16.0. The molecular weight excluding hydrogens is 1510 g/mol. The Kier molecular flexibility index (Phi) is 36.3. The average Bonchev–Trinajstić information content (AvgIpc) is 0.822. The van der Waals surface area contributed by atoms with Gasteiger partial charge in [0.2, 0.25) is 23.3 Å². The maximum Gasteiger partial charge on any atom is 0.204 e. The molecule has 0 atom stereocenters. The quantitative estimate of drug-likeness (QED) is 0.0311. The van der Waals surface area contributed by atoms with Crippen LogP contribution in [0.15, 0.2) is 121 Å². The molecule has 4 saturated carbocycles. The Bertz CT molecular complexity index is 4770. The Morgan fingerprint density at radius 2 is 0.470 bits per heavy atom. The van der Waals surface area contributed by atoms with Gasteiger partial charge in [-0.25, -0.2) is 35.1 Å². The first kappa shape index (κ1) is 91.3. The van der Waals surface area contributed by atoms with Crippen LogP contribution < -0.4 is 18.9 Å². The van der Waals surface area contributed by atoms with Gasteiger partial charge in [-0.15, -0.1) is 0 Å². The SMILES string of the molecule is CCCCCCc1ccc(C2CCC(C#Cc3cc(F)c(OC)c(F)c3F)CC2)cc1.CCCCCc1ccc(C2CCC(C#Cc3cc(F)c(OC)c(F)c3F)CC2)cc1.CCCCc1ccc(C2CCC(C#Cc3cc(F)c(OC)c(F)c3F)CC2)cc1.CCc1ccc(C2CCC(C#Cc3cc(F)c(OC)c(F)c3F)CC2)cc1. The van der Waals surface area contributed by atoms with E-state index in [0.29, 0.717) is 23.7 Å².